The number of rotatable bonds is 10. The monoisotopic (exact) mass is 437 g/mol. The molecule has 2 rings (SSSR count). The summed E-state index contributed by atoms with van der Waals surface area (Å²) in [6.07, 6.45) is 0. The number of nitrogen functional groups attached to an aromatic ring is 1. The lowest BCUT2D eigenvalue weighted by molar-refractivity contribution is -0.118. The van der Waals surface area contributed by atoms with Crippen molar-refractivity contribution in [2.24, 2.45) is 0 Å². The minimum absolute atomic E-state index is 0.0312. The summed E-state index contributed by atoms with van der Waals surface area (Å²) in [7, 11) is 4.45. The Balaban J connectivity index is 2.07. The van der Waals surface area contributed by atoms with Crippen LogP contribution in [-0.2, 0) is 9.53 Å². The number of nitrogens with one attached hydrogen (secondary N) is 3. The summed E-state index contributed by atoms with van der Waals surface area (Å²) in [5.41, 5.74) is 5.24. The number of nitrogens with two attached hydrogens (primary N) is 1. The zero-order valence-electron chi connectivity index (χ0n) is 16.7. The molecule has 1 heterocycles. The minimum Gasteiger partial charge on any atom is -0.493 e. The van der Waals surface area contributed by atoms with Gasteiger partial charge in [0.25, 0.3) is 11.5 Å². The van der Waals surface area contributed by atoms with Crippen molar-refractivity contribution in [3.8, 4) is 11.5 Å². The van der Waals surface area contributed by atoms with E-state index in [2.05, 4.69) is 20.6 Å². The lowest BCUT2D eigenvalue weighted by atomic mass is 10.2. The molecule has 1 aromatic heterocycles. The van der Waals surface area contributed by atoms with Crippen molar-refractivity contribution in [2.45, 2.75) is 5.16 Å². The van der Waals surface area contributed by atoms with Crippen LogP contribution >= 0.6 is 11.8 Å². The molecule has 0 aliphatic heterocycles. The quantitative estimate of drug-likeness (QED) is 0.236. The first-order valence-corrected chi connectivity index (χ1v) is 9.69. The highest BCUT2D eigenvalue weighted by Crippen LogP contribution is 2.28. The molecule has 0 bridgehead atoms. The molecule has 0 atom stereocenters. The van der Waals surface area contributed by atoms with Crippen LogP contribution in [0.5, 0.6) is 11.5 Å². The molecule has 0 unspecified atom stereocenters. The van der Waals surface area contributed by atoms with Crippen LogP contribution in [-0.4, -0.2) is 62.0 Å². The van der Waals surface area contributed by atoms with Crippen LogP contribution in [0.4, 0.5) is 11.5 Å². The van der Waals surface area contributed by atoms with E-state index >= 15 is 0 Å². The molecule has 11 nitrogen and oxygen atoms in total. The lowest BCUT2D eigenvalue weighted by Crippen LogP contribution is -2.28. The molecule has 0 saturated heterocycles. The molecule has 5 N–H and O–H groups in total. The molecule has 30 heavy (non-hydrogen) atoms. The van der Waals surface area contributed by atoms with Crippen LogP contribution in [0.1, 0.15) is 10.4 Å². The summed E-state index contributed by atoms with van der Waals surface area (Å²) in [5.74, 6) is -0.142. The second-order valence-corrected chi connectivity index (χ2v) is 6.75. The van der Waals surface area contributed by atoms with Gasteiger partial charge in [0, 0.05) is 19.2 Å². The number of benzene rings is 1. The number of thioether (sulfide) groups is 1. The maximum atomic E-state index is 12.5. The fraction of sp³-hybridized carbons (Fsp3) is 0.333. The molecule has 1 aromatic carbocycles. The van der Waals surface area contributed by atoms with Crippen LogP contribution in [0.15, 0.2) is 28.2 Å². The third-order valence-electron chi connectivity index (χ3n) is 3.78. The van der Waals surface area contributed by atoms with Gasteiger partial charge >= 0.3 is 0 Å². The van der Waals surface area contributed by atoms with Crippen LogP contribution in [0.3, 0.4) is 0 Å². The zero-order chi connectivity index (χ0) is 22.1. The van der Waals surface area contributed by atoms with Gasteiger partial charge in [0.15, 0.2) is 22.5 Å². The largest absolute Gasteiger partial charge is 0.493 e. The minimum atomic E-state index is -0.640. The number of carbonyl (C=O) groups excluding carboxylic acids is 2. The Morgan fingerprint density at radius 1 is 1.20 bits per heavy atom. The first-order chi connectivity index (χ1) is 14.4. The van der Waals surface area contributed by atoms with Gasteiger partial charge in [0.05, 0.1) is 26.6 Å². The van der Waals surface area contributed by atoms with Gasteiger partial charge in [0.1, 0.15) is 5.69 Å². The number of carbonyl (C=O) groups is 2. The normalized spacial score (nSPS) is 10.4. The Kier molecular flexibility index (Phi) is 8.50. The van der Waals surface area contributed by atoms with Crippen LogP contribution in [0.2, 0.25) is 0 Å². The van der Waals surface area contributed by atoms with Crippen LogP contribution < -0.4 is 31.4 Å². The van der Waals surface area contributed by atoms with E-state index in [1.807, 2.05) is 0 Å². The topological polar surface area (TPSA) is 158 Å². The van der Waals surface area contributed by atoms with E-state index in [1.54, 1.807) is 6.07 Å². The van der Waals surface area contributed by atoms with E-state index in [1.165, 1.54) is 33.5 Å². The van der Waals surface area contributed by atoms with Gasteiger partial charge in [-0.25, -0.2) is 4.98 Å². The Morgan fingerprint density at radius 3 is 2.57 bits per heavy atom. The number of nitrogens with zero attached hydrogens (tertiary/aromatic N) is 1. The van der Waals surface area contributed by atoms with Crippen molar-refractivity contribution >= 4 is 35.1 Å². The summed E-state index contributed by atoms with van der Waals surface area (Å²) < 4.78 is 15.1. The molecular formula is C18H23N5O6S. The van der Waals surface area contributed by atoms with E-state index in [9.17, 15) is 14.4 Å². The number of anilines is 2. The third kappa shape index (κ3) is 6.12. The van der Waals surface area contributed by atoms with Crippen molar-refractivity contribution in [3.63, 3.8) is 0 Å². The second kappa shape index (κ2) is 11.1. The Morgan fingerprint density at radius 2 is 1.93 bits per heavy atom. The second-order valence-electron chi connectivity index (χ2n) is 5.79. The molecule has 0 aliphatic carbocycles. The maximum absolute atomic E-state index is 12.5. The van der Waals surface area contributed by atoms with Gasteiger partial charge in [-0.2, -0.15) is 0 Å². The first kappa shape index (κ1) is 23.0. The highest BCUT2D eigenvalue weighted by molar-refractivity contribution is 7.99. The average Bonchev–Trinajstić information content (AvgIpc) is 2.74. The van der Waals surface area contributed by atoms with E-state index in [0.29, 0.717) is 24.7 Å². The van der Waals surface area contributed by atoms with Crippen molar-refractivity contribution in [2.75, 3.05) is 51.3 Å². The molecule has 0 aliphatic rings. The summed E-state index contributed by atoms with van der Waals surface area (Å²) in [5, 5.41) is 5.24. The van der Waals surface area contributed by atoms with Crippen molar-refractivity contribution in [1.29, 1.82) is 0 Å². The zero-order valence-corrected chi connectivity index (χ0v) is 17.6. The fourth-order valence-electron chi connectivity index (χ4n) is 2.30. The highest BCUT2D eigenvalue weighted by atomic mass is 32.2. The van der Waals surface area contributed by atoms with Gasteiger partial charge in [-0.15, -0.1) is 0 Å². The number of amides is 2. The Bertz CT molecular complexity index is 965. The standard InChI is InChI=1S/C18H23N5O6S/c1-27-7-6-20-13(24)9-30-18-22-15(19)14(17(26)23-18)21-16(25)10-4-5-11(28-2)12(8-10)29-3/h4-5,8H,6-7,9H2,1-3H3,(H,20,24)(H,21,25)(H3,19,22,23,26). The van der Waals surface area contributed by atoms with E-state index in [4.69, 9.17) is 19.9 Å². The Labute approximate surface area is 176 Å². The first-order valence-electron chi connectivity index (χ1n) is 8.71. The molecule has 2 amide bonds. The molecule has 162 valence electrons. The Hall–Kier alpha value is -3.25. The molecule has 2 aromatic rings. The molecule has 12 heteroatoms. The van der Waals surface area contributed by atoms with E-state index < -0.39 is 11.5 Å². The predicted molar refractivity (Wildman–Crippen MR) is 112 cm³/mol. The number of aromatic nitrogens is 2. The summed E-state index contributed by atoms with van der Waals surface area (Å²) in [6.45, 7) is 0.774. The summed E-state index contributed by atoms with van der Waals surface area (Å²) >= 11 is 1.01. The van der Waals surface area contributed by atoms with E-state index in [0.717, 1.165) is 11.8 Å². The summed E-state index contributed by atoms with van der Waals surface area (Å²) in [4.78, 5) is 43.1. The molecule has 0 spiro atoms. The fourth-order valence-corrected chi connectivity index (χ4v) is 3.00. The van der Waals surface area contributed by atoms with Gasteiger partial charge in [0.2, 0.25) is 5.91 Å². The smallest absolute Gasteiger partial charge is 0.277 e. The number of methoxy groups -OCH3 is 3. The average molecular weight is 437 g/mol. The summed E-state index contributed by atoms with van der Waals surface area (Å²) in [6, 6.07) is 4.55. The van der Waals surface area contributed by atoms with Gasteiger partial charge in [-0.1, -0.05) is 11.8 Å². The van der Waals surface area contributed by atoms with Gasteiger partial charge < -0.3 is 30.6 Å². The maximum Gasteiger partial charge on any atom is 0.277 e. The number of hydrogen-bond acceptors (Lipinski definition) is 9. The highest BCUT2D eigenvalue weighted by Gasteiger charge is 2.16. The number of H-pyrrole nitrogens is 1. The van der Waals surface area contributed by atoms with Crippen molar-refractivity contribution in [1.82, 2.24) is 15.3 Å². The predicted octanol–water partition coefficient (Wildman–Crippen LogP) is 0.476. The molecular weight excluding hydrogens is 414 g/mol. The van der Waals surface area contributed by atoms with Gasteiger partial charge in [-0.3, -0.25) is 19.4 Å². The molecule has 0 fully saturated rings. The lowest BCUT2D eigenvalue weighted by Gasteiger charge is -2.11. The molecule has 0 radical (unpaired) electrons. The van der Waals surface area contributed by atoms with Crippen molar-refractivity contribution < 1.29 is 23.8 Å². The molecule has 0 saturated carbocycles. The van der Waals surface area contributed by atoms with E-state index in [-0.39, 0.29) is 33.9 Å². The number of ether oxygens (including phenoxy) is 3. The van der Waals surface area contributed by atoms with Crippen LogP contribution in [0, 0.1) is 0 Å². The third-order valence-corrected chi connectivity index (χ3v) is 4.65. The van der Waals surface area contributed by atoms with Crippen molar-refractivity contribution in [3.05, 3.63) is 34.1 Å². The van der Waals surface area contributed by atoms with Gasteiger partial charge in [-0.05, 0) is 18.2 Å². The van der Waals surface area contributed by atoms with Crippen LogP contribution in [0.25, 0.3) is 0 Å². The number of hydrogen-bond donors (Lipinski definition) is 4. The SMILES string of the molecule is COCCNC(=O)CSc1nc(N)c(NC(=O)c2ccc(OC)c(OC)c2)c(=O)[nH]1. The number of aromatic amines is 1.